The molecule has 0 saturated carbocycles. The smallest absolute Gasteiger partial charge is 0.203 e. The maximum absolute atomic E-state index is 6.59. The number of halogens is 1. The van der Waals surface area contributed by atoms with Gasteiger partial charge in [0.15, 0.2) is 17.5 Å². The van der Waals surface area contributed by atoms with E-state index in [1.807, 2.05) is 24.3 Å². The van der Waals surface area contributed by atoms with E-state index in [9.17, 15) is 0 Å². The fraction of sp³-hybridized carbons (Fsp3) is 0.333. The number of nitrogens with zero attached hydrogens (tertiary/aromatic N) is 2. The lowest BCUT2D eigenvalue weighted by Crippen LogP contribution is -2.48. The summed E-state index contributed by atoms with van der Waals surface area (Å²) in [4.78, 5) is 8.69. The van der Waals surface area contributed by atoms with Gasteiger partial charge in [-0.3, -0.25) is 4.99 Å². The monoisotopic (exact) mass is 391 g/mol. The Balaban J connectivity index is 1.89. The summed E-state index contributed by atoms with van der Waals surface area (Å²) in [6.07, 6.45) is 3.78. The zero-order valence-corrected chi connectivity index (χ0v) is 16.1. The number of methoxy groups -OCH3 is 3. The molecule has 144 valence electrons. The third kappa shape index (κ3) is 3.66. The van der Waals surface area contributed by atoms with Gasteiger partial charge >= 0.3 is 0 Å². The number of alkyl halides is 1. The minimum absolute atomic E-state index is 0.176. The highest BCUT2D eigenvalue weighted by Crippen LogP contribution is 2.38. The number of rotatable bonds is 5. The van der Waals surface area contributed by atoms with Gasteiger partial charge < -0.3 is 31.0 Å². The molecule has 5 N–H and O–H groups in total. The molecule has 2 unspecified atom stereocenters. The molecule has 0 radical (unpaired) electrons. The molecule has 0 bridgehead atoms. The Morgan fingerprint density at radius 2 is 1.81 bits per heavy atom. The number of hydrogen-bond acceptors (Lipinski definition) is 8. The first-order chi connectivity index (χ1) is 13.0. The summed E-state index contributed by atoms with van der Waals surface area (Å²) in [7, 11) is 4.71. The van der Waals surface area contributed by atoms with Crippen molar-refractivity contribution in [2.45, 2.75) is 18.0 Å². The molecule has 0 fully saturated rings. The van der Waals surface area contributed by atoms with Crippen LogP contribution in [0.15, 0.2) is 45.7 Å². The van der Waals surface area contributed by atoms with Crippen LogP contribution in [-0.2, 0) is 6.54 Å². The average Bonchev–Trinajstić information content (AvgIpc) is 2.65. The number of fused-ring (bicyclic) bond motifs is 1. The van der Waals surface area contributed by atoms with E-state index in [1.165, 1.54) is 0 Å². The Kier molecular flexibility index (Phi) is 5.46. The summed E-state index contributed by atoms with van der Waals surface area (Å²) in [6.45, 7) is 0.385. The van der Waals surface area contributed by atoms with Crippen molar-refractivity contribution in [3.63, 3.8) is 0 Å². The number of benzene rings is 1. The molecule has 2 aliphatic rings. The van der Waals surface area contributed by atoms with Gasteiger partial charge in [0.05, 0.1) is 39.6 Å². The van der Waals surface area contributed by atoms with Gasteiger partial charge in [-0.15, -0.1) is 11.6 Å². The number of aliphatic imine (C=N–C) groups is 2. The zero-order valence-electron chi connectivity index (χ0n) is 15.3. The number of nitrogens with two attached hydrogens (primary N) is 2. The van der Waals surface area contributed by atoms with E-state index >= 15 is 0 Å². The third-order valence-electron chi connectivity index (χ3n) is 4.34. The van der Waals surface area contributed by atoms with Crippen molar-refractivity contribution in [1.29, 1.82) is 0 Å². The van der Waals surface area contributed by atoms with Gasteiger partial charge in [-0.25, -0.2) is 0 Å². The normalized spacial score (nSPS) is 22.8. The summed E-state index contributed by atoms with van der Waals surface area (Å²) in [6, 6.07) is 3.53. The van der Waals surface area contributed by atoms with Gasteiger partial charge in [0, 0.05) is 5.57 Å². The van der Waals surface area contributed by atoms with Gasteiger partial charge in [0.1, 0.15) is 11.2 Å². The Labute approximate surface area is 162 Å². The van der Waals surface area contributed by atoms with Gasteiger partial charge in [0.25, 0.3) is 0 Å². The standard InChI is InChI=1S/C18H22ClN5O3/c1-25-12-6-9(7-13(26-2)16(12)27-3)8-22-11-5-4-10-14(15(11)19)17(20)24-18(21)23-10/h4-7,10,15H,8,20H2,1-3H3,(H3,21,23,24). The largest absolute Gasteiger partial charge is 0.493 e. The summed E-state index contributed by atoms with van der Waals surface area (Å²) >= 11 is 6.59. The molecule has 0 saturated heterocycles. The van der Waals surface area contributed by atoms with Crippen molar-refractivity contribution in [2.24, 2.45) is 21.5 Å². The highest BCUT2D eigenvalue weighted by molar-refractivity contribution is 6.36. The molecule has 1 aromatic rings. The van der Waals surface area contributed by atoms with Crippen LogP contribution in [0.1, 0.15) is 5.56 Å². The molecule has 0 amide bonds. The van der Waals surface area contributed by atoms with Crippen LogP contribution in [0.5, 0.6) is 17.2 Å². The highest BCUT2D eigenvalue weighted by Gasteiger charge is 2.32. The molecule has 0 aromatic heterocycles. The highest BCUT2D eigenvalue weighted by atomic mass is 35.5. The summed E-state index contributed by atoms with van der Waals surface area (Å²) in [5.74, 6) is 2.27. The predicted octanol–water partition coefficient (Wildman–Crippen LogP) is 1.29. The minimum atomic E-state index is -0.494. The van der Waals surface area contributed by atoms with E-state index in [0.29, 0.717) is 35.3 Å². The first kappa shape index (κ1) is 18.9. The molecule has 1 aliphatic heterocycles. The van der Waals surface area contributed by atoms with Crippen LogP contribution in [0.3, 0.4) is 0 Å². The van der Waals surface area contributed by atoms with Crippen LogP contribution in [-0.4, -0.2) is 44.4 Å². The van der Waals surface area contributed by atoms with Crippen molar-refractivity contribution in [3.8, 4) is 17.2 Å². The van der Waals surface area contributed by atoms with E-state index in [-0.39, 0.29) is 12.0 Å². The maximum Gasteiger partial charge on any atom is 0.203 e. The molecule has 8 nitrogen and oxygen atoms in total. The van der Waals surface area contributed by atoms with Gasteiger partial charge in [-0.05, 0) is 23.8 Å². The van der Waals surface area contributed by atoms with E-state index in [0.717, 1.165) is 11.1 Å². The molecule has 1 aliphatic carbocycles. The lowest BCUT2D eigenvalue weighted by atomic mass is 9.93. The lowest BCUT2D eigenvalue weighted by molar-refractivity contribution is 0.324. The van der Waals surface area contributed by atoms with Crippen molar-refractivity contribution < 1.29 is 14.2 Å². The van der Waals surface area contributed by atoms with Crippen molar-refractivity contribution in [2.75, 3.05) is 21.3 Å². The summed E-state index contributed by atoms with van der Waals surface area (Å²) < 4.78 is 16.1. The Bertz CT molecular complexity index is 838. The molecular weight excluding hydrogens is 370 g/mol. The molecular formula is C18H22ClN5O3. The second kappa shape index (κ2) is 7.79. The molecule has 2 atom stereocenters. The van der Waals surface area contributed by atoms with Crippen LogP contribution in [0.4, 0.5) is 0 Å². The van der Waals surface area contributed by atoms with Crippen LogP contribution < -0.4 is 31.0 Å². The Hall–Kier alpha value is -2.87. The molecule has 0 spiro atoms. The fourth-order valence-corrected chi connectivity index (χ4v) is 3.43. The first-order valence-electron chi connectivity index (χ1n) is 8.24. The summed E-state index contributed by atoms with van der Waals surface area (Å²) in [5.41, 5.74) is 14.0. The van der Waals surface area contributed by atoms with E-state index in [4.69, 9.17) is 37.3 Å². The number of allylic oxidation sites excluding steroid dienone is 1. The number of hydrogen-bond donors (Lipinski definition) is 3. The molecule has 1 aromatic carbocycles. The predicted molar refractivity (Wildman–Crippen MR) is 106 cm³/mol. The van der Waals surface area contributed by atoms with Crippen LogP contribution in [0.2, 0.25) is 0 Å². The number of nitrogens with one attached hydrogen (secondary N) is 1. The number of guanidine groups is 1. The van der Waals surface area contributed by atoms with Crippen LogP contribution >= 0.6 is 11.6 Å². The maximum atomic E-state index is 6.59. The second-order valence-electron chi connectivity index (χ2n) is 5.96. The van der Waals surface area contributed by atoms with Crippen molar-refractivity contribution in [3.05, 3.63) is 41.2 Å². The lowest BCUT2D eigenvalue weighted by Gasteiger charge is -2.30. The SMILES string of the molecule is COc1cc(CN=C2C=CC3NC(N)=NC(N)=C3C2Cl)cc(OC)c1OC. The third-order valence-corrected chi connectivity index (χ3v) is 4.79. The Morgan fingerprint density at radius 3 is 2.41 bits per heavy atom. The topological polar surface area (TPSA) is 116 Å². The van der Waals surface area contributed by atoms with E-state index in [2.05, 4.69) is 15.3 Å². The van der Waals surface area contributed by atoms with Crippen LogP contribution in [0, 0.1) is 0 Å². The van der Waals surface area contributed by atoms with Gasteiger partial charge in [-0.1, -0.05) is 6.08 Å². The fourth-order valence-electron chi connectivity index (χ4n) is 3.04. The average molecular weight is 392 g/mol. The van der Waals surface area contributed by atoms with E-state index in [1.54, 1.807) is 21.3 Å². The van der Waals surface area contributed by atoms with Gasteiger partial charge in [0.2, 0.25) is 5.75 Å². The second-order valence-corrected chi connectivity index (χ2v) is 6.39. The molecule has 3 rings (SSSR count). The summed E-state index contributed by atoms with van der Waals surface area (Å²) in [5, 5.41) is 2.54. The minimum Gasteiger partial charge on any atom is -0.493 e. The molecule has 9 heteroatoms. The quantitative estimate of drug-likeness (QED) is 0.651. The molecule has 27 heavy (non-hydrogen) atoms. The first-order valence-corrected chi connectivity index (χ1v) is 8.67. The van der Waals surface area contributed by atoms with Crippen molar-refractivity contribution >= 4 is 23.3 Å². The number of ether oxygens (including phenoxy) is 3. The van der Waals surface area contributed by atoms with E-state index < -0.39 is 5.38 Å². The molecule has 1 heterocycles. The van der Waals surface area contributed by atoms with Crippen molar-refractivity contribution in [1.82, 2.24) is 5.32 Å². The Morgan fingerprint density at radius 1 is 1.15 bits per heavy atom. The van der Waals surface area contributed by atoms with Crippen LogP contribution in [0.25, 0.3) is 0 Å². The van der Waals surface area contributed by atoms with Gasteiger partial charge in [-0.2, -0.15) is 4.99 Å². The zero-order chi connectivity index (χ0) is 19.6.